The van der Waals surface area contributed by atoms with E-state index in [1.54, 1.807) is 24.4 Å². The molecule has 0 saturated heterocycles. The molecule has 3 rings (SSSR count). The second-order valence-electron chi connectivity index (χ2n) is 4.72. The van der Waals surface area contributed by atoms with E-state index in [1.807, 2.05) is 12.1 Å². The number of benzene rings is 2. The Morgan fingerprint density at radius 3 is 2.67 bits per heavy atom. The minimum Gasteiger partial charge on any atom is -0.294 e. The minimum absolute atomic E-state index is 0.0191. The molecule has 0 aliphatic carbocycles. The maximum absolute atomic E-state index is 13.2. The Kier molecular flexibility index (Phi) is 3.44. The number of hydrogen-bond acceptors (Lipinski definition) is 2. The zero-order valence-corrected chi connectivity index (χ0v) is 11.0. The molecule has 0 spiro atoms. The first-order valence-corrected chi connectivity index (χ1v) is 6.46. The highest BCUT2D eigenvalue weighted by atomic mass is 19.2. The summed E-state index contributed by atoms with van der Waals surface area (Å²) in [5.41, 5.74) is 1.71. The van der Waals surface area contributed by atoms with Gasteiger partial charge in [0.2, 0.25) is 0 Å². The predicted molar refractivity (Wildman–Crippen MR) is 76.1 cm³/mol. The topological polar surface area (TPSA) is 30.0 Å². The summed E-state index contributed by atoms with van der Waals surface area (Å²) in [6, 6.07) is 12.4. The number of carbonyl (C=O) groups excluding carboxylic acids is 1. The molecule has 0 radical (unpaired) electrons. The second kappa shape index (κ2) is 5.40. The molecule has 0 fully saturated rings. The summed E-state index contributed by atoms with van der Waals surface area (Å²) in [5.74, 6) is -2.01. The second-order valence-corrected chi connectivity index (χ2v) is 4.72. The molecule has 2 aromatic carbocycles. The van der Waals surface area contributed by atoms with Crippen LogP contribution in [-0.4, -0.2) is 10.8 Å². The maximum Gasteiger partial charge on any atom is 0.167 e. The first kappa shape index (κ1) is 13.4. The van der Waals surface area contributed by atoms with Crippen LogP contribution in [0.15, 0.2) is 54.7 Å². The molecule has 0 N–H and O–H groups in total. The fraction of sp³-hybridized carbons (Fsp3) is 0.0588. The van der Waals surface area contributed by atoms with E-state index in [0.29, 0.717) is 11.1 Å². The van der Waals surface area contributed by atoms with E-state index < -0.39 is 11.6 Å². The van der Waals surface area contributed by atoms with E-state index in [0.717, 1.165) is 23.0 Å². The van der Waals surface area contributed by atoms with Crippen LogP contribution in [-0.2, 0) is 6.42 Å². The molecular weight excluding hydrogens is 272 g/mol. The number of aromatic nitrogens is 1. The highest BCUT2D eigenvalue weighted by Crippen LogP contribution is 2.19. The van der Waals surface area contributed by atoms with Crippen molar-refractivity contribution in [2.75, 3.05) is 0 Å². The molecule has 1 aromatic heterocycles. The molecule has 0 unspecified atom stereocenters. The van der Waals surface area contributed by atoms with Gasteiger partial charge in [0.1, 0.15) is 0 Å². The van der Waals surface area contributed by atoms with Crippen LogP contribution in [0.5, 0.6) is 0 Å². The SMILES string of the molecule is O=C(Cc1ccc(F)c(F)c1)c1cccc2ncccc12. The number of nitrogens with zero attached hydrogens (tertiary/aromatic N) is 1. The fourth-order valence-electron chi connectivity index (χ4n) is 2.28. The van der Waals surface area contributed by atoms with Crippen molar-refractivity contribution in [2.45, 2.75) is 6.42 Å². The minimum atomic E-state index is -0.945. The van der Waals surface area contributed by atoms with Gasteiger partial charge in [0.25, 0.3) is 0 Å². The van der Waals surface area contributed by atoms with E-state index >= 15 is 0 Å². The number of rotatable bonds is 3. The number of halogens is 2. The van der Waals surface area contributed by atoms with E-state index in [1.165, 1.54) is 6.07 Å². The van der Waals surface area contributed by atoms with Crippen molar-refractivity contribution in [1.82, 2.24) is 4.98 Å². The van der Waals surface area contributed by atoms with Crippen molar-refractivity contribution in [3.8, 4) is 0 Å². The molecule has 0 saturated carbocycles. The quantitative estimate of drug-likeness (QED) is 0.681. The van der Waals surface area contributed by atoms with Crippen molar-refractivity contribution >= 4 is 16.7 Å². The molecule has 0 aliphatic heterocycles. The van der Waals surface area contributed by atoms with Gasteiger partial charge in [0, 0.05) is 23.6 Å². The molecule has 4 heteroatoms. The summed E-state index contributed by atoms with van der Waals surface area (Å²) in [6.45, 7) is 0. The molecule has 0 amide bonds. The zero-order chi connectivity index (χ0) is 14.8. The lowest BCUT2D eigenvalue weighted by molar-refractivity contribution is 0.0994. The predicted octanol–water partition coefficient (Wildman–Crippen LogP) is 3.94. The van der Waals surface area contributed by atoms with Gasteiger partial charge in [-0.25, -0.2) is 8.78 Å². The third-order valence-corrected chi connectivity index (χ3v) is 3.29. The summed E-state index contributed by atoms with van der Waals surface area (Å²) in [6.07, 6.45) is 1.68. The molecule has 104 valence electrons. The molecular formula is C17H11F2NO. The molecule has 0 bridgehead atoms. The number of carbonyl (C=O) groups is 1. The highest BCUT2D eigenvalue weighted by Gasteiger charge is 2.12. The van der Waals surface area contributed by atoms with Gasteiger partial charge in [0.05, 0.1) is 5.52 Å². The van der Waals surface area contributed by atoms with Gasteiger partial charge in [-0.05, 0) is 29.8 Å². The van der Waals surface area contributed by atoms with Gasteiger partial charge in [-0.15, -0.1) is 0 Å². The molecule has 2 nitrogen and oxygen atoms in total. The van der Waals surface area contributed by atoms with Gasteiger partial charge < -0.3 is 0 Å². The molecule has 21 heavy (non-hydrogen) atoms. The van der Waals surface area contributed by atoms with Crippen LogP contribution in [0.1, 0.15) is 15.9 Å². The average molecular weight is 283 g/mol. The van der Waals surface area contributed by atoms with Crippen molar-refractivity contribution in [3.63, 3.8) is 0 Å². The average Bonchev–Trinajstić information content (AvgIpc) is 2.50. The lowest BCUT2D eigenvalue weighted by Crippen LogP contribution is -2.05. The summed E-state index contributed by atoms with van der Waals surface area (Å²) >= 11 is 0. The third kappa shape index (κ3) is 2.65. The van der Waals surface area contributed by atoms with Gasteiger partial charge in [-0.1, -0.05) is 24.3 Å². The van der Waals surface area contributed by atoms with Gasteiger partial charge in [0.15, 0.2) is 17.4 Å². The van der Waals surface area contributed by atoms with Crippen LogP contribution < -0.4 is 0 Å². The van der Waals surface area contributed by atoms with Gasteiger partial charge >= 0.3 is 0 Å². The molecule has 0 atom stereocenters. The Hall–Kier alpha value is -2.62. The largest absolute Gasteiger partial charge is 0.294 e. The van der Waals surface area contributed by atoms with Crippen molar-refractivity contribution in [3.05, 3.63) is 77.5 Å². The maximum atomic E-state index is 13.2. The van der Waals surface area contributed by atoms with Crippen LogP contribution in [0.3, 0.4) is 0 Å². The Balaban J connectivity index is 1.95. The van der Waals surface area contributed by atoms with Crippen LogP contribution >= 0.6 is 0 Å². The summed E-state index contributed by atoms with van der Waals surface area (Å²) in [5, 5.41) is 0.757. The lowest BCUT2D eigenvalue weighted by Gasteiger charge is -2.06. The Morgan fingerprint density at radius 1 is 1.00 bits per heavy atom. The Morgan fingerprint density at radius 2 is 1.86 bits per heavy atom. The third-order valence-electron chi connectivity index (χ3n) is 3.29. The monoisotopic (exact) mass is 283 g/mol. The van der Waals surface area contributed by atoms with Crippen LogP contribution in [0.2, 0.25) is 0 Å². The Bertz CT molecular complexity index is 825. The standard InChI is InChI=1S/C17H11F2NO/c18-14-7-6-11(9-15(14)19)10-17(21)13-3-1-5-16-12(13)4-2-8-20-16/h1-9H,10H2. The number of hydrogen-bond donors (Lipinski definition) is 0. The summed E-state index contributed by atoms with van der Waals surface area (Å²) in [7, 11) is 0. The highest BCUT2D eigenvalue weighted by molar-refractivity contribution is 6.08. The van der Waals surface area contributed by atoms with Gasteiger partial charge in [-0.2, -0.15) is 0 Å². The first-order valence-electron chi connectivity index (χ1n) is 6.46. The number of Topliss-reactive ketones (excluding diaryl/α,β-unsaturated/α-hetero) is 1. The van der Waals surface area contributed by atoms with Crippen LogP contribution in [0.4, 0.5) is 8.78 Å². The fourth-order valence-corrected chi connectivity index (χ4v) is 2.28. The lowest BCUT2D eigenvalue weighted by atomic mass is 9.99. The normalized spacial score (nSPS) is 10.8. The van der Waals surface area contributed by atoms with Crippen LogP contribution in [0, 0.1) is 11.6 Å². The molecule has 3 aromatic rings. The van der Waals surface area contributed by atoms with Crippen molar-refractivity contribution < 1.29 is 13.6 Å². The van der Waals surface area contributed by atoms with E-state index in [9.17, 15) is 13.6 Å². The first-order chi connectivity index (χ1) is 10.1. The van der Waals surface area contributed by atoms with Crippen molar-refractivity contribution in [2.24, 2.45) is 0 Å². The summed E-state index contributed by atoms with van der Waals surface area (Å²) < 4.78 is 26.1. The van der Waals surface area contributed by atoms with Gasteiger partial charge in [-0.3, -0.25) is 9.78 Å². The molecule has 0 aliphatic rings. The van der Waals surface area contributed by atoms with E-state index in [4.69, 9.17) is 0 Å². The smallest absolute Gasteiger partial charge is 0.167 e. The van der Waals surface area contributed by atoms with E-state index in [-0.39, 0.29) is 12.2 Å². The Labute approximate surface area is 120 Å². The van der Waals surface area contributed by atoms with E-state index in [2.05, 4.69) is 4.98 Å². The summed E-state index contributed by atoms with van der Waals surface area (Å²) in [4.78, 5) is 16.6. The van der Waals surface area contributed by atoms with Crippen molar-refractivity contribution in [1.29, 1.82) is 0 Å². The number of fused-ring (bicyclic) bond motifs is 1. The van der Waals surface area contributed by atoms with Crippen LogP contribution in [0.25, 0.3) is 10.9 Å². The number of ketones is 1. The zero-order valence-electron chi connectivity index (χ0n) is 11.0. The molecule has 1 heterocycles. The number of pyridine rings is 1.